The molecule has 0 saturated carbocycles. The van der Waals surface area contributed by atoms with E-state index in [1.165, 1.54) is 0 Å². The normalized spacial score (nSPS) is 8.00. The third kappa shape index (κ3) is 2.20. The van der Waals surface area contributed by atoms with Crippen LogP contribution in [-0.2, 0) is 16.8 Å². The van der Waals surface area contributed by atoms with E-state index in [0.29, 0.717) is 5.56 Å². The van der Waals surface area contributed by atoms with E-state index >= 15 is 0 Å². The van der Waals surface area contributed by atoms with Crippen molar-refractivity contribution in [3.63, 3.8) is 0 Å². The summed E-state index contributed by atoms with van der Waals surface area (Å²) in [6.07, 6.45) is 0. The number of hydrogen-bond acceptors (Lipinski definition) is 1. The minimum atomic E-state index is -0.379. The van der Waals surface area contributed by atoms with Gasteiger partial charge < -0.3 is 5.73 Å². The van der Waals surface area contributed by atoms with E-state index in [0.717, 1.165) is 0 Å². The summed E-state index contributed by atoms with van der Waals surface area (Å²) in [5, 5.41) is 0. The Kier molecular flexibility index (Phi) is 3.75. The van der Waals surface area contributed by atoms with Crippen molar-refractivity contribution in [2.75, 3.05) is 0 Å². The van der Waals surface area contributed by atoms with Gasteiger partial charge in [-0.3, -0.25) is 4.79 Å². The zero-order valence-electron chi connectivity index (χ0n) is 5.21. The Morgan fingerprint density at radius 1 is 1.20 bits per heavy atom. The van der Waals surface area contributed by atoms with Crippen molar-refractivity contribution >= 4 is 5.91 Å². The second-order valence-electron chi connectivity index (χ2n) is 1.73. The molecule has 10 heavy (non-hydrogen) atoms. The van der Waals surface area contributed by atoms with E-state index in [2.05, 4.69) is 0 Å². The van der Waals surface area contributed by atoms with E-state index in [9.17, 15) is 4.79 Å². The van der Waals surface area contributed by atoms with Crippen LogP contribution in [0.3, 0.4) is 0 Å². The monoisotopic (exact) mass is 180 g/mol. The molecule has 55 valence electrons. The minimum absolute atomic E-state index is 0. The first kappa shape index (κ1) is 9.20. The molecule has 1 aromatic carbocycles. The van der Waals surface area contributed by atoms with Gasteiger partial charge in [0.15, 0.2) is 0 Å². The van der Waals surface area contributed by atoms with E-state index in [4.69, 9.17) is 5.73 Å². The van der Waals surface area contributed by atoms with Gasteiger partial charge in [0, 0.05) is 22.3 Å². The average Bonchev–Trinajstić information content (AvgIpc) is 1.90. The molecule has 0 aliphatic heterocycles. The van der Waals surface area contributed by atoms with Gasteiger partial charge in [0.25, 0.3) is 0 Å². The fraction of sp³-hybridized carbons (Fsp3) is 0. The number of benzene rings is 1. The van der Waals surface area contributed by atoms with Crippen molar-refractivity contribution in [2.45, 2.75) is 0 Å². The van der Waals surface area contributed by atoms with E-state index in [1.807, 2.05) is 6.07 Å². The Labute approximate surface area is 69.6 Å². The minimum Gasteiger partial charge on any atom is -0.366 e. The van der Waals surface area contributed by atoms with E-state index in [1.54, 1.807) is 24.3 Å². The van der Waals surface area contributed by atoms with Crippen molar-refractivity contribution in [3.05, 3.63) is 35.9 Å². The number of carbonyl (C=O) groups excluding carboxylic acids is 1. The summed E-state index contributed by atoms with van der Waals surface area (Å²) in [5.74, 6) is -0.379. The van der Waals surface area contributed by atoms with Gasteiger partial charge in [0.2, 0.25) is 5.91 Å². The Morgan fingerprint density at radius 2 is 1.70 bits per heavy atom. The van der Waals surface area contributed by atoms with Crippen molar-refractivity contribution in [1.82, 2.24) is 0 Å². The summed E-state index contributed by atoms with van der Waals surface area (Å²) in [4.78, 5) is 10.4. The molecule has 0 saturated heterocycles. The second kappa shape index (κ2) is 4.08. The molecule has 0 fully saturated rings. The van der Waals surface area contributed by atoms with Crippen LogP contribution in [-0.4, -0.2) is 5.91 Å². The van der Waals surface area contributed by atoms with Crippen LogP contribution < -0.4 is 5.73 Å². The molecule has 0 unspecified atom stereocenters. The van der Waals surface area contributed by atoms with Crippen LogP contribution in [0.1, 0.15) is 10.4 Å². The van der Waals surface area contributed by atoms with Crippen LogP contribution in [0.15, 0.2) is 30.3 Å². The standard InChI is InChI=1S/C7H7NO.Co/c8-7(9)6-4-2-1-3-5-6;/h1-5H,(H2,8,9);. The molecular formula is C7H7CoNO. The third-order valence-electron chi connectivity index (χ3n) is 1.06. The van der Waals surface area contributed by atoms with E-state index < -0.39 is 0 Å². The van der Waals surface area contributed by atoms with Crippen molar-refractivity contribution in [3.8, 4) is 0 Å². The van der Waals surface area contributed by atoms with Gasteiger partial charge in [0.05, 0.1) is 0 Å². The maximum atomic E-state index is 10.4. The first-order chi connectivity index (χ1) is 4.30. The summed E-state index contributed by atoms with van der Waals surface area (Å²) in [5.41, 5.74) is 5.53. The third-order valence-corrected chi connectivity index (χ3v) is 1.06. The molecule has 2 N–H and O–H groups in total. The molecule has 0 atom stereocenters. The molecule has 1 rings (SSSR count). The topological polar surface area (TPSA) is 43.1 Å². The smallest absolute Gasteiger partial charge is 0.248 e. The maximum Gasteiger partial charge on any atom is 0.248 e. The average molecular weight is 180 g/mol. The van der Waals surface area contributed by atoms with Crippen molar-refractivity contribution < 1.29 is 21.6 Å². The van der Waals surface area contributed by atoms with Crippen LogP contribution in [0.5, 0.6) is 0 Å². The zero-order chi connectivity index (χ0) is 6.69. The number of hydrogen-bond donors (Lipinski definition) is 1. The summed E-state index contributed by atoms with van der Waals surface area (Å²) < 4.78 is 0. The SMILES string of the molecule is NC(=O)c1ccccc1.[Co]. The molecule has 0 aliphatic rings. The number of primary amides is 1. The molecule has 0 aromatic heterocycles. The summed E-state index contributed by atoms with van der Waals surface area (Å²) in [6, 6.07) is 8.76. The molecule has 0 spiro atoms. The van der Waals surface area contributed by atoms with Gasteiger partial charge in [-0.15, -0.1) is 0 Å². The van der Waals surface area contributed by atoms with Crippen LogP contribution in [0.4, 0.5) is 0 Å². The number of rotatable bonds is 1. The molecule has 1 radical (unpaired) electrons. The number of amides is 1. The summed E-state index contributed by atoms with van der Waals surface area (Å²) in [7, 11) is 0. The number of carbonyl (C=O) groups is 1. The molecule has 2 nitrogen and oxygen atoms in total. The van der Waals surface area contributed by atoms with Crippen LogP contribution in [0.25, 0.3) is 0 Å². The fourth-order valence-corrected chi connectivity index (χ4v) is 0.602. The largest absolute Gasteiger partial charge is 0.366 e. The van der Waals surface area contributed by atoms with Crippen molar-refractivity contribution in [1.29, 1.82) is 0 Å². The maximum absolute atomic E-state index is 10.4. The first-order valence-electron chi connectivity index (χ1n) is 2.65. The van der Waals surface area contributed by atoms with Gasteiger partial charge >= 0.3 is 0 Å². The summed E-state index contributed by atoms with van der Waals surface area (Å²) >= 11 is 0. The van der Waals surface area contributed by atoms with Gasteiger partial charge in [-0.25, -0.2) is 0 Å². The fourth-order valence-electron chi connectivity index (χ4n) is 0.602. The molecule has 1 aromatic rings. The van der Waals surface area contributed by atoms with Crippen molar-refractivity contribution in [2.24, 2.45) is 5.73 Å². The van der Waals surface area contributed by atoms with Gasteiger partial charge in [0.1, 0.15) is 0 Å². The Hall–Kier alpha value is -0.804. The predicted octanol–water partition coefficient (Wildman–Crippen LogP) is 0.783. The first-order valence-corrected chi connectivity index (χ1v) is 2.65. The van der Waals surface area contributed by atoms with Crippen LogP contribution in [0.2, 0.25) is 0 Å². The Morgan fingerprint density at radius 3 is 2.00 bits per heavy atom. The van der Waals surface area contributed by atoms with Gasteiger partial charge in [-0.1, -0.05) is 18.2 Å². The predicted molar refractivity (Wildman–Crippen MR) is 35.0 cm³/mol. The molecule has 0 bridgehead atoms. The molecule has 1 amide bonds. The Balaban J connectivity index is 0.000000810. The second-order valence-corrected chi connectivity index (χ2v) is 1.73. The summed E-state index contributed by atoms with van der Waals surface area (Å²) in [6.45, 7) is 0. The zero-order valence-corrected chi connectivity index (χ0v) is 6.25. The molecular weight excluding hydrogens is 173 g/mol. The molecule has 0 heterocycles. The number of nitrogens with two attached hydrogens (primary N) is 1. The van der Waals surface area contributed by atoms with Gasteiger partial charge in [-0.05, 0) is 12.1 Å². The molecule has 3 heteroatoms. The van der Waals surface area contributed by atoms with Crippen LogP contribution in [0, 0.1) is 0 Å². The Bertz CT molecular complexity index is 210. The molecule has 0 aliphatic carbocycles. The van der Waals surface area contributed by atoms with Crippen LogP contribution >= 0.6 is 0 Å². The quantitative estimate of drug-likeness (QED) is 0.681. The van der Waals surface area contributed by atoms with Gasteiger partial charge in [-0.2, -0.15) is 0 Å². The van der Waals surface area contributed by atoms with E-state index in [-0.39, 0.29) is 22.7 Å².